The summed E-state index contributed by atoms with van der Waals surface area (Å²) in [5.74, 6) is 0. The van der Waals surface area contributed by atoms with Crippen LogP contribution < -0.4 is 4.90 Å². The second-order valence-corrected chi connectivity index (χ2v) is 12.9. The number of furan rings is 2. The smallest absolute Gasteiger partial charge is 0.137 e. The lowest BCUT2D eigenvalue weighted by atomic mass is 9.98. The van der Waals surface area contributed by atoms with Gasteiger partial charge in [-0.1, -0.05) is 133 Å². The van der Waals surface area contributed by atoms with Gasteiger partial charge in [-0.25, -0.2) is 0 Å². The molecule has 0 aliphatic carbocycles. The van der Waals surface area contributed by atoms with Gasteiger partial charge in [-0.15, -0.1) is 0 Å². The molecule has 0 amide bonds. The number of hydrogen-bond donors (Lipinski definition) is 0. The number of hydrogen-bond acceptors (Lipinski definition) is 3. The molecular weight excluding hydrogens is 623 g/mol. The second kappa shape index (κ2) is 11.9. The molecule has 0 saturated heterocycles. The predicted molar refractivity (Wildman–Crippen MR) is 212 cm³/mol. The summed E-state index contributed by atoms with van der Waals surface area (Å²) in [6, 6.07) is 66.2. The van der Waals surface area contributed by atoms with E-state index < -0.39 is 0 Å². The normalized spacial score (nSPS) is 11.5. The number of anilines is 3. The van der Waals surface area contributed by atoms with Crippen molar-refractivity contribution in [2.24, 2.45) is 0 Å². The fraction of sp³-hybridized carbons (Fsp3) is 0. The van der Waals surface area contributed by atoms with Gasteiger partial charge in [-0.05, 0) is 76.3 Å². The molecule has 10 rings (SSSR count). The van der Waals surface area contributed by atoms with Crippen molar-refractivity contribution in [3.8, 4) is 33.4 Å². The maximum Gasteiger partial charge on any atom is 0.137 e. The highest BCUT2D eigenvalue weighted by atomic mass is 16.3. The van der Waals surface area contributed by atoms with E-state index in [9.17, 15) is 0 Å². The molecule has 0 aliphatic rings. The van der Waals surface area contributed by atoms with Crippen molar-refractivity contribution in [3.05, 3.63) is 188 Å². The number of rotatable bonds is 6. The molecule has 0 N–H and O–H groups in total. The molecule has 10 aromatic rings. The van der Waals surface area contributed by atoms with Crippen molar-refractivity contribution in [3.63, 3.8) is 0 Å². The average molecular weight is 654 g/mol. The van der Waals surface area contributed by atoms with Gasteiger partial charge in [0.05, 0.1) is 5.69 Å². The highest BCUT2D eigenvalue weighted by Gasteiger charge is 2.21. The van der Waals surface area contributed by atoms with Crippen LogP contribution in [0.3, 0.4) is 0 Å². The third-order valence-corrected chi connectivity index (χ3v) is 9.90. The van der Waals surface area contributed by atoms with Crippen molar-refractivity contribution < 1.29 is 8.83 Å². The maximum absolute atomic E-state index is 6.62. The standard InChI is InChI=1S/C48H31NO2/c1-3-11-32(12-4-1)34-19-21-36(22-20-34)39-15-7-9-17-42(39)49(37-25-23-35(24-26-37)33-13-5-2-6-14-33)38-27-28-41-46(31-38)51-45-30-29-44-47(48(41)45)40-16-8-10-18-43(40)50-44/h1-31H. The first-order valence-electron chi connectivity index (χ1n) is 17.3. The number of para-hydroxylation sites is 2. The van der Waals surface area contributed by atoms with Crippen molar-refractivity contribution in [1.82, 2.24) is 0 Å². The number of nitrogens with zero attached hydrogens (tertiary/aromatic N) is 1. The Bertz CT molecular complexity index is 2830. The Kier molecular flexibility index (Phi) is 6.81. The summed E-state index contributed by atoms with van der Waals surface area (Å²) in [5.41, 5.74) is 13.6. The van der Waals surface area contributed by atoms with Gasteiger partial charge in [0.1, 0.15) is 22.3 Å². The molecule has 240 valence electrons. The van der Waals surface area contributed by atoms with Crippen molar-refractivity contribution in [2.45, 2.75) is 0 Å². The third-order valence-electron chi connectivity index (χ3n) is 9.90. The van der Waals surface area contributed by atoms with Gasteiger partial charge in [-0.3, -0.25) is 0 Å². The molecule has 0 unspecified atom stereocenters. The summed E-state index contributed by atoms with van der Waals surface area (Å²) in [4.78, 5) is 2.34. The van der Waals surface area contributed by atoms with E-state index >= 15 is 0 Å². The summed E-state index contributed by atoms with van der Waals surface area (Å²) in [6.45, 7) is 0. The molecule has 0 aliphatic heterocycles. The molecule has 3 heteroatoms. The Morgan fingerprint density at radius 1 is 0.314 bits per heavy atom. The molecule has 2 heterocycles. The monoisotopic (exact) mass is 653 g/mol. The molecule has 0 atom stereocenters. The van der Waals surface area contributed by atoms with Gasteiger partial charge in [0.25, 0.3) is 0 Å². The minimum atomic E-state index is 0.830. The lowest BCUT2D eigenvalue weighted by molar-refractivity contribution is 0.663. The molecule has 2 aromatic heterocycles. The van der Waals surface area contributed by atoms with E-state index in [4.69, 9.17) is 8.83 Å². The van der Waals surface area contributed by atoms with Crippen molar-refractivity contribution in [2.75, 3.05) is 4.90 Å². The molecule has 0 fully saturated rings. The molecule has 3 nitrogen and oxygen atoms in total. The fourth-order valence-electron chi connectivity index (χ4n) is 7.46. The molecule has 0 spiro atoms. The Morgan fingerprint density at radius 3 is 1.49 bits per heavy atom. The summed E-state index contributed by atoms with van der Waals surface area (Å²) in [5, 5.41) is 4.33. The Hall–Kier alpha value is -6.84. The van der Waals surface area contributed by atoms with Crippen LogP contribution in [0.15, 0.2) is 197 Å². The molecule has 8 aromatic carbocycles. The van der Waals surface area contributed by atoms with Crippen LogP contribution in [0, 0.1) is 0 Å². The van der Waals surface area contributed by atoms with Crippen LogP contribution in [0.25, 0.3) is 77.3 Å². The van der Waals surface area contributed by atoms with Crippen LogP contribution in [-0.4, -0.2) is 0 Å². The first-order valence-corrected chi connectivity index (χ1v) is 17.3. The molecule has 0 radical (unpaired) electrons. The maximum atomic E-state index is 6.62. The van der Waals surface area contributed by atoms with E-state index in [1.165, 1.54) is 22.3 Å². The van der Waals surface area contributed by atoms with Crippen molar-refractivity contribution in [1.29, 1.82) is 0 Å². The highest BCUT2D eigenvalue weighted by molar-refractivity contribution is 6.25. The van der Waals surface area contributed by atoms with Gasteiger partial charge in [0.2, 0.25) is 0 Å². The van der Waals surface area contributed by atoms with E-state index in [0.29, 0.717) is 0 Å². The van der Waals surface area contributed by atoms with Crippen LogP contribution in [0.2, 0.25) is 0 Å². The van der Waals surface area contributed by atoms with Crippen LogP contribution >= 0.6 is 0 Å². The number of fused-ring (bicyclic) bond motifs is 7. The summed E-state index contributed by atoms with van der Waals surface area (Å²) < 4.78 is 12.9. The highest BCUT2D eigenvalue weighted by Crippen LogP contribution is 2.45. The molecular formula is C48H31NO2. The SMILES string of the molecule is c1ccc(-c2ccc(-c3ccccc3N(c3ccc(-c4ccccc4)cc3)c3ccc4c(c3)oc3ccc5oc6ccccc6c5c34)cc2)cc1. The fourth-order valence-corrected chi connectivity index (χ4v) is 7.46. The first-order chi connectivity index (χ1) is 25.3. The van der Waals surface area contributed by atoms with Gasteiger partial charge in [0, 0.05) is 44.5 Å². The molecule has 0 bridgehead atoms. The number of benzene rings is 8. The van der Waals surface area contributed by atoms with Crippen LogP contribution in [-0.2, 0) is 0 Å². The zero-order chi connectivity index (χ0) is 33.7. The van der Waals surface area contributed by atoms with Crippen LogP contribution in [0.1, 0.15) is 0 Å². The summed E-state index contributed by atoms with van der Waals surface area (Å²) in [6.07, 6.45) is 0. The van der Waals surface area contributed by atoms with Gasteiger partial charge >= 0.3 is 0 Å². The van der Waals surface area contributed by atoms with E-state index in [1.807, 2.05) is 24.3 Å². The van der Waals surface area contributed by atoms with Gasteiger partial charge in [-0.2, -0.15) is 0 Å². The predicted octanol–water partition coefficient (Wildman–Crippen LogP) is 14.0. The van der Waals surface area contributed by atoms with Crippen molar-refractivity contribution >= 4 is 60.9 Å². The van der Waals surface area contributed by atoms with E-state index in [0.717, 1.165) is 72.1 Å². The lowest BCUT2D eigenvalue weighted by Gasteiger charge is -2.28. The Morgan fingerprint density at radius 2 is 0.804 bits per heavy atom. The summed E-state index contributed by atoms with van der Waals surface area (Å²) >= 11 is 0. The topological polar surface area (TPSA) is 29.5 Å². The van der Waals surface area contributed by atoms with Gasteiger partial charge in [0.15, 0.2) is 0 Å². The van der Waals surface area contributed by atoms with E-state index in [2.05, 4.69) is 169 Å². The molecule has 51 heavy (non-hydrogen) atoms. The van der Waals surface area contributed by atoms with Crippen LogP contribution in [0.4, 0.5) is 17.1 Å². The van der Waals surface area contributed by atoms with E-state index in [1.54, 1.807) is 0 Å². The second-order valence-electron chi connectivity index (χ2n) is 12.9. The zero-order valence-corrected chi connectivity index (χ0v) is 27.7. The summed E-state index contributed by atoms with van der Waals surface area (Å²) in [7, 11) is 0. The minimum Gasteiger partial charge on any atom is -0.456 e. The minimum absolute atomic E-state index is 0.830. The van der Waals surface area contributed by atoms with Crippen LogP contribution in [0.5, 0.6) is 0 Å². The Labute approximate surface area is 295 Å². The molecule has 0 saturated carbocycles. The first kappa shape index (κ1) is 29.1. The largest absolute Gasteiger partial charge is 0.456 e. The van der Waals surface area contributed by atoms with Gasteiger partial charge < -0.3 is 13.7 Å². The third kappa shape index (κ3) is 4.98. The zero-order valence-electron chi connectivity index (χ0n) is 27.7. The van der Waals surface area contributed by atoms with E-state index in [-0.39, 0.29) is 0 Å². The Balaban J connectivity index is 1.14. The lowest BCUT2D eigenvalue weighted by Crippen LogP contribution is -2.11. The quantitative estimate of drug-likeness (QED) is 0.179. The average Bonchev–Trinajstić information content (AvgIpc) is 3.77.